The van der Waals surface area contributed by atoms with Gasteiger partial charge in [-0.1, -0.05) is 12.1 Å². The molecule has 0 atom stereocenters. The van der Waals surface area contributed by atoms with Gasteiger partial charge in [-0.2, -0.15) is 0 Å². The van der Waals surface area contributed by atoms with Crippen LogP contribution in [0.5, 0.6) is 0 Å². The highest BCUT2D eigenvalue weighted by Crippen LogP contribution is 2.05. The Kier molecular flexibility index (Phi) is 3.36. The monoisotopic (exact) mass is 220 g/mol. The van der Waals surface area contributed by atoms with Gasteiger partial charge in [0.25, 0.3) is 0 Å². The fourth-order valence-corrected chi connectivity index (χ4v) is 1.52. The molecule has 0 aliphatic carbocycles. The van der Waals surface area contributed by atoms with Crippen molar-refractivity contribution in [3.05, 3.63) is 35.7 Å². The molecule has 0 aliphatic heterocycles. The van der Waals surface area contributed by atoms with E-state index in [4.69, 9.17) is 4.52 Å². The molecule has 5 heteroatoms. The van der Waals surface area contributed by atoms with Crippen molar-refractivity contribution < 1.29 is 4.52 Å². The smallest absolute Gasteiger partial charge is 0.133 e. The van der Waals surface area contributed by atoms with Gasteiger partial charge < -0.3 is 14.4 Å². The third-order valence-electron chi connectivity index (χ3n) is 2.26. The maximum absolute atomic E-state index is 5.01. The second-order valence-corrected chi connectivity index (χ2v) is 3.75. The Morgan fingerprint density at radius 2 is 2.31 bits per heavy atom. The molecule has 0 spiro atoms. The van der Waals surface area contributed by atoms with Crippen molar-refractivity contribution in [2.45, 2.75) is 26.9 Å². The standard InChI is InChI=1S/C11H16N4O/c1-3-12-5-11-7-15(8-13-11)6-10-4-9(2)16-14-10/h4,7-8,12H,3,5-6H2,1-2H3. The number of nitrogens with one attached hydrogen (secondary N) is 1. The van der Waals surface area contributed by atoms with Gasteiger partial charge in [0.1, 0.15) is 11.5 Å². The number of imidazole rings is 1. The number of nitrogens with zero attached hydrogens (tertiary/aromatic N) is 3. The van der Waals surface area contributed by atoms with E-state index in [0.717, 1.165) is 30.2 Å². The van der Waals surface area contributed by atoms with Gasteiger partial charge in [-0.25, -0.2) is 4.98 Å². The first-order chi connectivity index (χ1) is 7.78. The largest absolute Gasteiger partial charge is 0.361 e. The Balaban J connectivity index is 1.97. The lowest BCUT2D eigenvalue weighted by atomic mass is 10.4. The third-order valence-corrected chi connectivity index (χ3v) is 2.26. The second-order valence-electron chi connectivity index (χ2n) is 3.75. The Morgan fingerprint density at radius 1 is 1.44 bits per heavy atom. The molecule has 0 amide bonds. The Bertz CT molecular complexity index is 446. The van der Waals surface area contributed by atoms with E-state index >= 15 is 0 Å². The van der Waals surface area contributed by atoms with Crippen molar-refractivity contribution in [3.8, 4) is 0 Å². The fourth-order valence-electron chi connectivity index (χ4n) is 1.52. The van der Waals surface area contributed by atoms with E-state index in [1.807, 2.05) is 30.1 Å². The summed E-state index contributed by atoms with van der Waals surface area (Å²) in [6, 6.07) is 1.93. The van der Waals surface area contributed by atoms with Crippen LogP contribution < -0.4 is 5.32 Å². The number of aryl methyl sites for hydroxylation is 1. The normalized spacial score (nSPS) is 10.9. The molecule has 5 nitrogen and oxygen atoms in total. The van der Waals surface area contributed by atoms with E-state index < -0.39 is 0 Å². The summed E-state index contributed by atoms with van der Waals surface area (Å²) in [5.41, 5.74) is 1.96. The lowest BCUT2D eigenvalue weighted by molar-refractivity contribution is 0.389. The van der Waals surface area contributed by atoms with Gasteiger partial charge in [0.05, 0.1) is 18.6 Å². The highest BCUT2D eigenvalue weighted by atomic mass is 16.5. The zero-order valence-corrected chi connectivity index (χ0v) is 9.60. The van der Waals surface area contributed by atoms with Gasteiger partial charge in [-0.15, -0.1) is 0 Å². The minimum absolute atomic E-state index is 0.705. The summed E-state index contributed by atoms with van der Waals surface area (Å²) in [6.07, 6.45) is 3.84. The SMILES string of the molecule is CCNCc1cn(Cc2cc(C)on2)cn1. The number of rotatable bonds is 5. The van der Waals surface area contributed by atoms with Gasteiger partial charge in [0.15, 0.2) is 0 Å². The average molecular weight is 220 g/mol. The molecule has 86 valence electrons. The Labute approximate surface area is 94.5 Å². The van der Waals surface area contributed by atoms with E-state index in [-0.39, 0.29) is 0 Å². The molecule has 0 aliphatic rings. The predicted octanol–water partition coefficient (Wildman–Crippen LogP) is 1.34. The van der Waals surface area contributed by atoms with E-state index in [0.29, 0.717) is 6.54 Å². The first-order valence-corrected chi connectivity index (χ1v) is 5.41. The minimum Gasteiger partial charge on any atom is -0.361 e. The predicted molar refractivity (Wildman–Crippen MR) is 59.9 cm³/mol. The Morgan fingerprint density at radius 3 is 3.00 bits per heavy atom. The molecule has 2 heterocycles. The van der Waals surface area contributed by atoms with Gasteiger partial charge in [0.2, 0.25) is 0 Å². The van der Waals surface area contributed by atoms with Crippen molar-refractivity contribution in [2.24, 2.45) is 0 Å². The van der Waals surface area contributed by atoms with Crippen LogP contribution in [-0.2, 0) is 13.1 Å². The van der Waals surface area contributed by atoms with E-state index in [2.05, 4.69) is 22.4 Å². The van der Waals surface area contributed by atoms with Crippen molar-refractivity contribution >= 4 is 0 Å². The van der Waals surface area contributed by atoms with Crippen LogP contribution in [0.15, 0.2) is 23.1 Å². The highest BCUT2D eigenvalue weighted by molar-refractivity contribution is 5.05. The van der Waals surface area contributed by atoms with Gasteiger partial charge in [-0.05, 0) is 13.5 Å². The zero-order chi connectivity index (χ0) is 11.4. The van der Waals surface area contributed by atoms with Crippen LogP contribution in [-0.4, -0.2) is 21.3 Å². The summed E-state index contributed by atoms with van der Waals surface area (Å²) in [4.78, 5) is 4.30. The molecular formula is C11H16N4O. The molecule has 0 radical (unpaired) electrons. The van der Waals surface area contributed by atoms with Crippen molar-refractivity contribution in [1.82, 2.24) is 20.0 Å². The third kappa shape index (κ3) is 2.70. The average Bonchev–Trinajstić information content (AvgIpc) is 2.86. The molecule has 0 unspecified atom stereocenters. The van der Waals surface area contributed by atoms with Gasteiger partial charge >= 0.3 is 0 Å². The lowest BCUT2D eigenvalue weighted by Crippen LogP contribution is -2.11. The molecule has 0 aromatic carbocycles. The van der Waals surface area contributed by atoms with E-state index in [1.165, 1.54) is 0 Å². The lowest BCUT2D eigenvalue weighted by Gasteiger charge is -1.97. The van der Waals surface area contributed by atoms with Crippen LogP contribution in [0, 0.1) is 6.92 Å². The maximum Gasteiger partial charge on any atom is 0.133 e. The number of hydrogen-bond acceptors (Lipinski definition) is 4. The maximum atomic E-state index is 5.01. The number of aromatic nitrogens is 3. The second kappa shape index (κ2) is 4.94. The summed E-state index contributed by atoms with van der Waals surface area (Å²) >= 11 is 0. The number of hydrogen-bond donors (Lipinski definition) is 1. The van der Waals surface area contributed by atoms with Crippen molar-refractivity contribution in [1.29, 1.82) is 0 Å². The van der Waals surface area contributed by atoms with Crippen LogP contribution in [0.2, 0.25) is 0 Å². The first kappa shape index (κ1) is 10.9. The molecule has 0 bridgehead atoms. The van der Waals surface area contributed by atoms with Crippen LogP contribution in [0.25, 0.3) is 0 Å². The topological polar surface area (TPSA) is 55.9 Å². The van der Waals surface area contributed by atoms with Gasteiger partial charge in [0, 0.05) is 18.8 Å². The summed E-state index contributed by atoms with van der Waals surface area (Å²) in [7, 11) is 0. The quantitative estimate of drug-likeness (QED) is 0.826. The van der Waals surface area contributed by atoms with Crippen molar-refractivity contribution in [2.75, 3.05) is 6.54 Å². The molecular weight excluding hydrogens is 204 g/mol. The van der Waals surface area contributed by atoms with Crippen LogP contribution in [0.1, 0.15) is 24.1 Å². The minimum atomic E-state index is 0.705. The summed E-state index contributed by atoms with van der Waals surface area (Å²) in [5.74, 6) is 0.836. The van der Waals surface area contributed by atoms with Crippen LogP contribution in [0.3, 0.4) is 0 Å². The molecule has 2 aromatic heterocycles. The summed E-state index contributed by atoms with van der Waals surface area (Å²) in [6.45, 7) is 6.43. The molecule has 0 fully saturated rings. The van der Waals surface area contributed by atoms with Gasteiger partial charge in [-0.3, -0.25) is 0 Å². The van der Waals surface area contributed by atoms with Crippen LogP contribution >= 0.6 is 0 Å². The molecule has 16 heavy (non-hydrogen) atoms. The zero-order valence-electron chi connectivity index (χ0n) is 9.60. The fraction of sp³-hybridized carbons (Fsp3) is 0.455. The first-order valence-electron chi connectivity index (χ1n) is 5.41. The molecule has 0 saturated carbocycles. The van der Waals surface area contributed by atoms with E-state index in [9.17, 15) is 0 Å². The Hall–Kier alpha value is -1.62. The molecule has 1 N–H and O–H groups in total. The van der Waals surface area contributed by atoms with Crippen LogP contribution in [0.4, 0.5) is 0 Å². The van der Waals surface area contributed by atoms with E-state index in [1.54, 1.807) is 0 Å². The highest BCUT2D eigenvalue weighted by Gasteiger charge is 2.02. The molecule has 0 saturated heterocycles. The molecule has 2 aromatic rings. The molecule has 2 rings (SSSR count). The van der Waals surface area contributed by atoms with Crippen molar-refractivity contribution in [3.63, 3.8) is 0 Å². The summed E-state index contributed by atoms with van der Waals surface area (Å²) < 4.78 is 7.02. The summed E-state index contributed by atoms with van der Waals surface area (Å²) in [5, 5.41) is 7.18.